The first kappa shape index (κ1) is 13.4. The van der Waals surface area contributed by atoms with Crippen molar-refractivity contribution in [2.24, 2.45) is 5.92 Å². The number of pyridine rings is 1. The Bertz CT molecular complexity index is 629. The third-order valence-electron chi connectivity index (χ3n) is 3.91. The van der Waals surface area contributed by atoms with Crippen molar-refractivity contribution in [3.63, 3.8) is 0 Å². The summed E-state index contributed by atoms with van der Waals surface area (Å²) in [6.45, 7) is 1.62. The average molecular weight is 289 g/mol. The van der Waals surface area contributed by atoms with Crippen molar-refractivity contribution >= 4 is 28.4 Å². The fourth-order valence-corrected chi connectivity index (χ4v) is 3.06. The van der Waals surface area contributed by atoms with Gasteiger partial charge in [0.05, 0.1) is 5.52 Å². The van der Waals surface area contributed by atoms with Gasteiger partial charge in [0.15, 0.2) is 0 Å². The van der Waals surface area contributed by atoms with Crippen LogP contribution in [0.3, 0.4) is 0 Å². The highest BCUT2D eigenvalue weighted by Gasteiger charge is 2.27. The zero-order valence-electron chi connectivity index (χ0n) is 11.3. The number of rotatable bonds is 3. The van der Waals surface area contributed by atoms with Crippen LogP contribution in [0.2, 0.25) is 0 Å². The zero-order valence-corrected chi connectivity index (χ0v) is 12.0. The highest BCUT2D eigenvalue weighted by atomic mass is 35.5. The maximum absolute atomic E-state index is 12.5. The van der Waals surface area contributed by atoms with E-state index in [2.05, 4.69) is 4.98 Å². The lowest BCUT2D eigenvalue weighted by molar-refractivity contribution is 0.0781. The number of para-hydroxylation sites is 1. The number of likely N-dealkylation sites (tertiary alicyclic amines) is 1. The van der Waals surface area contributed by atoms with Gasteiger partial charge in [0.1, 0.15) is 5.69 Å². The Morgan fingerprint density at radius 2 is 2.15 bits per heavy atom. The number of alkyl halides is 1. The Hall–Kier alpha value is -1.61. The topological polar surface area (TPSA) is 33.2 Å². The molecule has 104 valence electrons. The Kier molecular flexibility index (Phi) is 3.88. The van der Waals surface area contributed by atoms with Crippen LogP contribution in [-0.4, -0.2) is 34.8 Å². The summed E-state index contributed by atoms with van der Waals surface area (Å²) in [5.74, 6) is 1.24. The number of hydrogen-bond donors (Lipinski definition) is 0. The van der Waals surface area contributed by atoms with Crippen molar-refractivity contribution in [2.75, 3.05) is 19.0 Å². The first-order valence-corrected chi connectivity index (χ1v) is 7.52. The molecule has 1 saturated heterocycles. The van der Waals surface area contributed by atoms with E-state index in [0.717, 1.165) is 36.8 Å². The normalized spacial score (nSPS) is 18.6. The number of fused-ring (bicyclic) bond motifs is 1. The van der Waals surface area contributed by atoms with Gasteiger partial charge in [-0.05, 0) is 30.9 Å². The molecule has 3 nitrogen and oxygen atoms in total. The first-order valence-electron chi connectivity index (χ1n) is 6.99. The van der Waals surface area contributed by atoms with Crippen LogP contribution in [0.1, 0.15) is 23.3 Å². The summed E-state index contributed by atoms with van der Waals surface area (Å²) < 4.78 is 0. The van der Waals surface area contributed by atoms with E-state index in [4.69, 9.17) is 11.6 Å². The molecule has 1 amide bonds. The summed E-state index contributed by atoms with van der Waals surface area (Å²) in [5.41, 5.74) is 1.41. The molecule has 1 atom stereocenters. The Morgan fingerprint density at radius 3 is 3.00 bits per heavy atom. The summed E-state index contributed by atoms with van der Waals surface area (Å²) in [6, 6.07) is 11.6. The van der Waals surface area contributed by atoms with E-state index >= 15 is 0 Å². The second-order valence-electron chi connectivity index (χ2n) is 5.27. The SMILES string of the molecule is O=C(c1ccc2ccccc2n1)N1CCC(CCCl)C1. The Balaban J connectivity index is 1.79. The number of halogens is 1. The van der Waals surface area contributed by atoms with Crippen molar-refractivity contribution < 1.29 is 4.79 Å². The number of carbonyl (C=O) groups excluding carboxylic acids is 1. The number of hydrogen-bond acceptors (Lipinski definition) is 2. The Morgan fingerprint density at radius 1 is 1.30 bits per heavy atom. The zero-order chi connectivity index (χ0) is 13.9. The van der Waals surface area contributed by atoms with Crippen molar-refractivity contribution in [3.8, 4) is 0 Å². The number of nitrogens with zero attached hydrogens (tertiary/aromatic N) is 2. The van der Waals surface area contributed by atoms with Crippen molar-refractivity contribution in [3.05, 3.63) is 42.1 Å². The molecule has 1 fully saturated rings. The van der Waals surface area contributed by atoms with Crippen LogP contribution in [0.4, 0.5) is 0 Å². The monoisotopic (exact) mass is 288 g/mol. The molecule has 0 aliphatic carbocycles. The molecule has 0 spiro atoms. The summed E-state index contributed by atoms with van der Waals surface area (Å²) in [7, 11) is 0. The fourth-order valence-electron chi connectivity index (χ4n) is 2.75. The number of benzene rings is 1. The second-order valence-corrected chi connectivity index (χ2v) is 5.65. The molecule has 1 aromatic carbocycles. The van der Waals surface area contributed by atoms with Crippen LogP contribution in [0.5, 0.6) is 0 Å². The van der Waals surface area contributed by atoms with Crippen molar-refractivity contribution in [2.45, 2.75) is 12.8 Å². The van der Waals surface area contributed by atoms with Crippen molar-refractivity contribution in [1.82, 2.24) is 9.88 Å². The molecule has 0 saturated carbocycles. The molecule has 4 heteroatoms. The van der Waals surface area contributed by atoms with E-state index in [1.54, 1.807) is 0 Å². The molecule has 1 unspecified atom stereocenters. The molecule has 2 aromatic rings. The van der Waals surface area contributed by atoms with Gasteiger partial charge in [-0.15, -0.1) is 11.6 Å². The van der Waals surface area contributed by atoms with Crippen LogP contribution in [0.15, 0.2) is 36.4 Å². The third-order valence-corrected chi connectivity index (χ3v) is 4.13. The highest BCUT2D eigenvalue weighted by Crippen LogP contribution is 2.22. The van der Waals surface area contributed by atoms with E-state index in [-0.39, 0.29) is 5.91 Å². The van der Waals surface area contributed by atoms with E-state index < -0.39 is 0 Å². The minimum Gasteiger partial charge on any atom is -0.337 e. The van der Waals surface area contributed by atoms with Crippen LogP contribution in [0.25, 0.3) is 10.9 Å². The number of aromatic nitrogens is 1. The van der Waals surface area contributed by atoms with Gasteiger partial charge >= 0.3 is 0 Å². The predicted molar refractivity (Wildman–Crippen MR) is 81.1 cm³/mol. The molecule has 0 N–H and O–H groups in total. The fraction of sp³-hybridized carbons (Fsp3) is 0.375. The van der Waals surface area contributed by atoms with Crippen LogP contribution < -0.4 is 0 Å². The van der Waals surface area contributed by atoms with Gasteiger partial charge in [-0.25, -0.2) is 4.98 Å². The molecule has 0 radical (unpaired) electrons. The highest BCUT2D eigenvalue weighted by molar-refractivity contribution is 6.17. The van der Waals surface area contributed by atoms with Crippen LogP contribution in [-0.2, 0) is 0 Å². The largest absolute Gasteiger partial charge is 0.337 e. The molecule has 1 aliphatic heterocycles. The summed E-state index contributed by atoms with van der Waals surface area (Å²) in [6.07, 6.45) is 2.03. The standard InChI is InChI=1S/C16H17ClN2O/c17-9-7-12-8-10-19(11-12)16(20)15-6-5-13-3-1-2-4-14(13)18-15/h1-6,12H,7-11H2. The predicted octanol–water partition coefficient (Wildman–Crippen LogP) is 3.33. The van der Waals surface area contributed by atoms with Crippen LogP contribution >= 0.6 is 11.6 Å². The van der Waals surface area contributed by atoms with E-state index in [1.165, 1.54) is 0 Å². The minimum absolute atomic E-state index is 0.0350. The molecular weight excluding hydrogens is 272 g/mol. The van der Waals surface area contributed by atoms with Gasteiger partial charge in [-0.1, -0.05) is 24.3 Å². The van der Waals surface area contributed by atoms with Gasteiger partial charge in [-0.3, -0.25) is 4.79 Å². The molecule has 20 heavy (non-hydrogen) atoms. The van der Waals surface area contributed by atoms with Crippen molar-refractivity contribution in [1.29, 1.82) is 0 Å². The molecule has 3 rings (SSSR count). The van der Waals surface area contributed by atoms with Gasteiger partial charge in [0, 0.05) is 24.4 Å². The lowest BCUT2D eigenvalue weighted by Crippen LogP contribution is -2.29. The third kappa shape index (κ3) is 2.63. The molecule has 0 bridgehead atoms. The quantitative estimate of drug-likeness (QED) is 0.812. The smallest absolute Gasteiger partial charge is 0.272 e. The lowest BCUT2D eigenvalue weighted by Gasteiger charge is -2.16. The maximum atomic E-state index is 12.5. The lowest BCUT2D eigenvalue weighted by atomic mass is 10.1. The average Bonchev–Trinajstić information content (AvgIpc) is 2.95. The van der Waals surface area contributed by atoms with Gasteiger partial charge in [0.2, 0.25) is 0 Å². The molecule has 1 aromatic heterocycles. The maximum Gasteiger partial charge on any atom is 0.272 e. The first-order chi connectivity index (χ1) is 9.78. The summed E-state index contributed by atoms with van der Waals surface area (Å²) >= 11 is 5.78. The van der Waals surface area contributed by atoms with Crippen LogP contribution in [0, 0.1) is 5.92 Å². The van der Waals surface area contributed by atoms with Gasteiger partial charge < -0.3 is 4.90 Å². The number of amides is 1. The summed E-state index contributed by atoms with van der Waals surface area (Å²) in [5, 5.41) is 1.06. The minimum atomic E-state index is 0.0350. The van der Waals surface area contributed by atoms with E-state index in [9.17, 15) is 4.79 Å². The van der Waals surface area contributed by atoms with Gasteiger partial charge in [-0.2, -0.15) is 0 Å². The van der Waals surface area contributed by atoms with Gasteiger partial charge in [0.25, 0.3) is 5.91 Å². The summed E-state index contributed by atoms with van der Waals surface area (Å²) in [4.78, 5) is 18.8. The van der Waals surface area contributed by atoms with E-state index in [0.29, 0.717) is 17.5 Å². The van der Waals surface area contributed by atoms with E-state index in [1.807, 2.05) is 41.3 Å². The Labute approximate surface area is 123 Å². The second kappa shape index (κ2) is 5.80. The molecule has 2 heterocycles. The molecular formula is C16H17ClN2O. The molecule has 1 aliphatic rings. The number of carbonyl (C=O) groups is 1.